The number of nitrogens with zero attached hydrogens (tertiary/aromatic N) is 6. The van der Waals surface area contributed by atoms with Gasteiger partial charge in [0.2, 0.25) is 0 Å². The number of nitrogens with two attached hydrogens (primary N) is 1. The van der Waals surface area contributed by atoms with Crippen LogP contribution in [0, 0.1) is 5.82 Å². The van der Waals surface area contributed by atoms with Gasteiger partial charge in [0.1, 0.15) is 29.5 Å². The second kappa shape index (κ2) is 7.72. The van der Waals surface area contributed by atoms with Crippen LogP contribution in [-0.2, 0) is 0 Å². The van der Waals surface area contributed by atoms with Crippen molar-refractivity contribution in [3.63, 3.8) is 0 Å². The molecule has 9 heteroatoms. The fraction of sp³-hybridized carbons (Fsp3) is 0.192. The highest BCUT2D eigenvalue weighted by molar-refractivity contribution is 5.81. The van der Waals surface area contributed by atoms with E-state index in [0.29, 0.717) is 35.0 Å². The third-order valence-corrected chi connectivity index (χ3v) is 6.73. The first-order chi connectivity index (χ1) is 17.2. The van der Waals surface area contributed by atoms with Crippen molar-refractivity contribution in [1.82, 2.24) is 29.2 Å². The minimum atomic E-state index is -0.344. The van der Waals surface area contributed by atoms with Gasteiger partial charge in [-0.3, -0.25) is 9.47 Å². The molecule has 0 aliphatic carbocycles. The van der Waals surface area contributed by atoms with E-state index in [1.807, 2.05) is 41.1 Å². The van der Waals surface area contributed by atoms with Crippen LogP contribution in [0.25, 0.3) is 34.1 Å². The molecule has 5 aromatic rings. The number of rotatable bonds is 4. The summed E-state index contributed by atoms with van der Waals surface area (Å²) >= 11 is 0. The van der Waals surface area contributed by atoms with E-state index in [1.54, 1.807) is 29.1 Å². The second-order valence-electron chi connectivity index (χ2n) is 8.98. The highest BCUT2D eigenvalue weighted by Crippen LogP contribution is 2.40. The van der Waals surface area contributed by atoms with E-state index in [4.69, 9.17) is 20.4 Å². The Hall–Kier alpha value is -4.08. The molecule has 2 aliphatic rings. The van der Waals surface area contributed by atoms with Crippen molar-refractivity contribution in [2.24, 2.45) is 5.73 Å². The summed E-state index contributed by atoms with van der Waals surface area (Å²) in [6, 6.07) is 18.8. The molecule has 1 saturated heterocycles. The van der Waals surface area contributed by atoms with Crippen LogP contribution in [-0.4, -0.2) is 55.0 Å². The van der Waals surface area contributed by atoms with Gasteiger partial charge in [-0.15, -0.1) is 0 Å². The first-order valence-electron chi connectivity index (χ1n) is 11.6. The molecular formula is C26H22FN7O. The minimum absolute atomic E-state index is 0.203. The Kier molecular flexibility index (Phi) is 4.48. The first kappa shape index (κ1) is 20.3. The quantitative estimate of drug-likeness (QED) is 0.436. The fourth-order valence-electron chi connectivity index (χ4n) is 4.97. The predicted molar refractivity (Wildman–Crippen MR) is 129 cm³/mol. The smallest absolute Gasteiger partial charge is 0.167 e. The van der Waals surface area contributed by atoms with Gasteiger partial charge in [0.25, 0.3) is 0 Å². The van der Waals surface area contributed by atoms with Crippen molar-refractivity contribution in [3.8, 4) is 28.6 Å². The third-order valence-electron chi connectivity index (χ3n) is 6.73. The molecule has 7 rings (SSSR count). The SMILES string of the molecule is NC1CN([C@H]2COc3cc(-n4c(-c5ccccc5F)nc5ccc(-n6cccn6)nc54)ccc32)C1. The Morgan fingerprint density at radius 2 is 1.89 bits per heavy atom. The fourth-order valence-corrected chi connectivity index (χ4v) is 4.97. The molecule has 8 nitrogen and oxygen atoms in total. The van der Waals surface area contributed by atoms with Gasteiger partial charge in [-0.2, -0.15) is 5.10 Å². The molecule has 0 unspecified atom stereocenters. The van der Waals surface area contributed by atoms with E-state index in [2.05, 4.69) is 16.1 Å². The van der Waals surface area contributed by atoms with Crippen molar-refractivity contribution in [3.05, 3.63) is 84.4 Å². The number of benzene rings is 2. The number of halogens is 1. The van der Waals surface area contributed by atoms with Crippen molar-refractivity contribution < 1.29 is 9.13 Å². The number of fused-ring (bicyclic) bond motifs is 2. The van der Waals surface area contributed by atoms with Gasteiger partial charge < -0.3 is 10.5 Å². The summed E-state index contributed by atoms with van der Waals surface area (Å²) in [6.07, 6.45) is 3.53. The van der Waals surface area contributed by atoms with Crippen LogP contribution in [0.15, 0.2) is 73.1 Å². The molecule has 5 heterocycles. The van der Waals surface area contributed by atoms with Gasteiger partial charge in [0, 0.05) is 43.2 Å². The Morgan fingerprint density at radius 3 is 2.69 bits per heavy atom. The summed E-state index contributed by atoms with van der Waals surface area (Å²) in [7, 11) is 0. The standard InChI is InChI=1S/C26H22FN7O/c27-20-5-2-1-4-18(20)25-30-21-8-9-24(33-11-3-10-29-33)31-26(21)34(25)17-6-7-19-22(15-35-23(19)12-17)32-13-16(28)14-32/h1-12,16,22H,13-15,28H2/t22-/m0/s1. The largest absolute Gasteiger partial charge is 0.491 e. The maximum atomic E-state index is 14.9. The molecule has 174 valence electrons. The number of hydrogen-bond donors (Lipinski definition) is 1. The van der Waals surface area contributed by atoms with E-state index in [0.717, 1.165) is 30.1 Å². The van der Waals surface area contributed by atoms with E-state index in [-0.39, 0.29) is 17.9 Å². The number of ether oxygens (including phenoxy) is 1. The number of hydrogen-bond acceptors (Lipinski definition) is 6. The lowest BCUT2D eigenvalue weighted by Crippen LogP contribution is -2.56. The molecular weight excluding hydrogens is 445 g/mol. The monoisotopic (exact) mass is 467 g/mol. The summed E-state index contributed by atoms with van der Waals surface area (Å²) < 4.78 is 24.6. The average molecular weight is 468 g/mol. The summed E-state index contributed by atoms with van der Waals surface area (Å²) in [5.74, 6) is 1.60. The van der Waals surface area contributed by atoms with Crippen LogP contribution in [0.3, 0.4) is 0 Å². The minimum Gasteiger partial charge on any atom is -0.491 e. The highest BCUT2D eigenvalue weighted by atomic mass is 19.1. The second-order valence-corrected chi connectivity index (χ2v) is 8.98. The van der Waals surface area contributed by atoms with Gasteiger partial charge in [0.15, 0.2) is 11.5 Å². The molecule has 3 aromatic heterocycles. The van der Waals surface area contributed by atoms with Crippen molar-refractivity contribution in [2.75, 3.05) is 19.7 Å². The molecule has 0 amide bonds. The summed E-state index contributed by atoms with van der Waals surface area (Å²) in [6.45, 7) is 2.34. The number of imidazole rings is 1. The van der Waals surface area contributed by atoms with Crippen LogP contribution >= 0.6 is 0 Å². The lowest BCUT2D eigenvalue weighted by Gasteiger charge is -2.40. The van der Waals surface area contributed by atoms with Crippen molar-refractivity contribution in [1.29, 1.82) is 0 Å². The number of likely N-dealkylation sites (tertiary alicyclic amines) is 1. The zero-order valence-corrected chi connectivity index (χ0v) is 18.8. The van der Waals surface area contributed by atoms with Crippen molar-refractivity contribution in [2.45, 2.75) is 12.1 Å². The van der Waals surface area contributed by atoms with E-state index in [9.17, 15) is 4.39 Å². The van der Waals surface area contributed by atoms with Crippen LogP contribution in [0.5, 0.6) is 5.75 Å². The van der Waals surface area contributed by atoms with Gasteiger partial charge in [-0.1, -0.05) is 18.2 Å². The van der Waals surface area contributed by atoms with Gasteiger partial charge in [-0.25, -0.2) is 19.0 Å². The summed E-state index contributed by atoms with van der Waals surface area (Å²) in [5, 5.41) is 4.30. The number of aromatic nitrogens is 5. The zero-order chi connectivity index (χ0) is 23.5. The predicted octanol–water partition coefficient (Wildman–Crippen LogP) is 3.49. The Morgan fingerprint density at radius 1 is 1.00 bits per heavy atom. The summed E-state index contributed by atoms with van der Waals surface area (Å²) in [4.78, 5) is 12.0. The Balaban J connectivity index is 1.40. The van der Waals surface area contributed by atoms with Crippen LogP contribution in [0.4, 0.5) is 4.39 Å². The molecule has 1 fully saturated rings. The summed E-state index contributed by atoms with van der Waals surface area (Å²) in [5.41, 5.74) is 9.61. The molecule has 35 heavy (non-hydrogen) atoms. The molecule has 0 saturated carbocycles. The van der Waals surface area contributed by atoms with Gasteiger partial charge in [0.05, 0.1) is 17.3 Å². The average Bonchev–Trinajstić information content (AvgIpc) is 3.60. The normalized spacial score (nSPS) is 17.9. The number of pyridine rings is 1. The Labute approximate surface area is 200 Å². The van der Waals surface area contributed by atoms with Crippen LogP contribution in [0.2, 0.25) is 0 Å². The molecule has 0 radical (unpaired) electrons. The lowest BCUT2D eigenvalue weighted by atomic mass is 10.0. The molecule has 0 bridgehead atoms. The molecule has 2 N–H and O–H groups in total. The van der Waals surface area contributed by atoms with E-state index < -0.39 is 0 Å². The molecule has 2 aliphatic heterocycles. The van der Waals surface area contributed by atoms with E-state index in [1.165, 1.54) is 6.07 Å². The highest BCUT2D eigenvalue weighted by Gasteiger charge is 2.36. The van der Waals surface area contributed by atoms with Crippen molar-refractivity contribution >= 4 is 11.2 Å². The first-order valence-corrected chi connectivity index (χ1v) is 11.6. The zero-order valence-electron chi connectivity index (χ0n) is 18.8. The van der Waals surface area contributed by atoms with Crippen LogP contribution in [0.1, 0.15) is 11.6 Å². The maximum Gasteiger partial charge on any atom is 0.167 e. The molecule has 0 spiro atoms. The van der Waals surface area contributed by atoms with Gasteiger partial charge in [-0.05, 0) is 36.4 Å². The third kappa shape index (κ3) is 3.23. The molecule has 1 atom stereocenters. The molecule has 2 aromatic carbocycles. The Bertz CT molecular complexity index is 1560. The topological polar surface area (TPSA) is 87.0 Å². The van der Waals surface area contributed by atoms with Crippen LogP contribution < -0.4 is 10.5 Å². The van der Waals surface area contributed by atoms with Gasteiger partial charge >= 0.3 is 0 Å². The maximum absolute atomic E-state index is 14.9. The lowest BCUT2D eigenvalue weighted by molar-refractivity contribution is 0.0792. The van der Waals surface area contributed by atoms with E-state index >= 15 is 0 Å².